The Balaban J connectivity index is 1.75. The first-order valence-corrected chi connectivity index (χ1v) is 7.96. The molecule has 0 aliphatic rings. The highest BCUT2D eigenvalue weighted by Gasteiger charge is 2.05. The molecular weight excluding hydrogens is 363 g/mol. The van der Waals surface area contributed by atoms with Crippen molar-refractivity contribution in [1.29, 1.82) is 0 Å². The fourth-order valence-corrected chi connectivity index (χ4v) is 2.48. The van der Waals surface area contributed by atoms with E-state index < -0.39 is 0 Å². The van der Waals surface area contributed by atoms with Crippen LogP contribution in [0.15, 0.2) is 46.9 Å². The molecule has 2 amide bonds. The molecule has 0 unspecified atom stereocenters. The Labute approximate surface area is 143 Å². The number of rotatable bonds is 6. The van der Waals surface area contributed by atoms with E-state index in [4.69, 9.17) is 4.74 Å². The van der Waals surface area contributed by atoms with Crippen molar-refractivity contribution < 1.29 is 13.9 Å². The first kappa shape index (κ1) is 17.3. The van der Waals surface area contributed by atoms with Crippen molar-refractivity contribution in [2.45, 2.75) is 13.0 Å². The highest BCUT2D eigenvalue weighted by atomic mass is 79.9. The number of urea groups is 1. The number of methoxy groups -OCH3 is 1. The quantitative estimate of drug-likeness (QED) is 0.803. The third kappa shape index (κ3) is 5.56. The zero-order valence-electron chi connectivity index (χ0n) is 12.7. The van der Waals surface area contributed by atoms with Crippen LogP contribution in [0.25, 0.3) is 0 Å². The summed E-state index contributed by atoms with van der Waals surface area (Å²) in [5.41, 5.74) is 1.50. The van der Waals surface area contributed by atoms with E-state index in [0.29, 0.717) is 25.1 Å². The normalized spacial score (nSPS) is 10.2. The second-order valence-corrected chi connectivity index (χ2v) is 5.86. The molecule has 0 spiro atoms. The second-order valence-electron chi connectivity index (χ2n) is 4.95. The number of carbonyl (C=O) groups is 1. The van der Waals surface area contributed by atoms with E-state index in [1.54, 1.807) is 19.2 Å². The number of amides is 2. The zero-order chi connectivity index (χ0) is 16.7. The molecule has 2 aromatic carbocycles. The first-order valence-electron chi connectivity index (χ1n) is 7.17. The van der Waals surface area contributed by atoms with Gasteiger partial charge in [-0.1, -0.05) is 28.1 Å². The summed E-state index contributed by atoms with van der Waals surface area (Å²) in [6, 6.07) is 11.9. The fourth-order valence-electron chi connectivity index (χ4n) is 2.07. The number of hydrogen-bond donors (Lipinski definition) is 2. The predicted molar refractivity (Wildman–Crippen MR) is 91.0 cm³/mol. The molecular formula is C17H18BrFN2O2. The van der Waals surface area contributed by atoms with Gasteiger partial charge in [0.1, 0.15) is 11.6 Å². The number of benzene rings is 2. The van der Waals surface area contributed by atoms with Gasteiger partial charge < -0.3 is 15.4 Å². The van der Waals surface area contributed by atoms with Crippen LogP contribution in [0.1, 0.15) is 11.1 Å². The summed E-state index contributed by atoms with van der Waals surface area (Å²) in [7, 11) is 1.60. The molecule has 23 heavy (non-hydrogen) atoms. The van der Waals surface area contributed by atoms with E-state index in [2.05, 4.69) is 26.6 Å². The van der Waals surface area contributed by atoms with Crippen molar-refractivity contribution in [3.8, 4) is 5.75 Å². The largest absolute Gasteiger partial charge is 0.497 e. The lowest BCUT2D eigenvalue weighted by Gasteiger charge is -2.09. The molecule has 0 heterocycles. The number of ether oxygens (including phenoxy) is 1. The van der Waals surface area contributed by atoms with Crippen molar-refractivity contribution in [1.82, 2.24) is 10.6 Å². The maximum absolute atomic E-state index is 13.6. The molecule has 0 radical (unpaired) electrons. The van der Waals surface area contributed by atoms with E-state index in [1.165, 1.54) is 6.07 Å². The summed E-state index contributed by atoms with van der Waals surface area (Å²) in [4.78, 5) is 11.8. The smallest absolute Gasteiger partial charge is 0.315 e. The van der Waals surface area contributed by atoms with Gasteiger partial charge in [0.2, 0.25) is 0 Å². The van der Waals surface area contributed by atoms with Crippen LogP contribution in [0, 0.1) is 5.82 Å². The molecule has 0 aromatic heterocycles. The summed E-state index contributed by atoms with van der Waals surface area (Å²) in [5.74, 6) is 0.474. The van der Waals surface area contributed by atoms with Crippen LogP contribution in [-0.2, 0) is 13.0 Å². The highest BCUT2D eigenvalue weighted by Crippen LogP contribution is 2.15. The molecule has 2 rings (SSSR count). The number of hydrogen-bond acceptors (Lipinski definition) is 2. The van der Waals surface area contributed by atoms with Crippen LogP contribution in [0.5, 0.6) is 5.75 Å². The minimum atomic E-state index is -0.289. The molecule has 122 valence electrons. The van der Waals surface area contributed by atoms with Crippen LogP contribution in [0.3, 0.4) is 0 Å². The number of carbonyl (C=O) groups excluding carboxylic acids is 1. The van der Waals surface area contributed by atoms with E-state index in [0.717, 1.165) is 15.8 Å². The monoisotopic (exact) mass is 380 g/mol. The zero-order valence-corrected chi connectivity index (χ0v) is 14.3. The Morgan fingerprint density at radius 1 is 1.22 bits per heavy atom. The molecule has 4 nitrogen and oxygen atoms in total. The molecule has 0 atom stereocenters. The number of halogens is 2. The fraction of sp³-hybridized carbons (Fsp3) is 0.235. The van der Waals surface area contributed by atoms with Gasteiger partial charge in [0.15, 0.2) is 0 Å². The summed E-state index contributed by atoms with van der Waals surface area (Å²) >= 11 is 3.30. The van der Waals surface area contributed by atoms with Crippen molar-refractivity contribution in [3.05, 3.63) is 63.9 Å². The van der Waals surface area contributed by atoms with Gasteiger partial charge in [-0.05, 0) is 47.9 Å². The molecule has 0 saturated heterocycles. The lowest BCUT2D eigenvalue weighted by Crippen LogP contribution is -2.36. The molecule has 0 aliphatic heterocycles. The van der Waals surface area contributed by atoms with Gasteiger partial charge in [-0.25, -0.2) is 9.18 Å². The highest BCUT2D eigenvalue weighted by molar-refractivity contribution is 9.10. The Kier molecular flexibility index (Phi) is 6.40. The molecule has 0 fully saturated rings. The van der Waals surface area contributed by atoms with Gasteiger partial charge in [-0.3, -0.25) is 0 Å². The Morgan fingerprint density at radius 3 is 2.83 bits per heavy atom. The van der Waals surface area contributed by atoms with E-state index in [9.17, 15) is 9.18 Å². The minimum Gasteiger partial charge on any atom is -0.497 e. The van der Waals surface area contributed by atoms with Crippen LogP contribution in [0.4, 0.5) is 9.18 Å². The second kappa shape index (κ2) is 8.53. The van der Waals surface area contributed by atoms with Crippen LogP contribution in [-0.4, -0.2) is 19.7 Å². The van der Waals surface area contributed by atoms with Gasteiger partial charge in [-0.15, -0.1) is 0 Å². The molecule has 2 aromatic rings. The SMILES string of the molecule is COc1cccc(CNC(=O)NCCc2cc(Br)ccc2F)c1. The van der Waals surface area contributed by atoms with Gasteiger partial charge in [0.05, 0.1) is 7.11 Å². The maximum Gasteiger partial charge on any atom is 0.315 e. The average Bonchev–Trinajstić information content (AvgIpc) is 2.56. The van der Waals surface area contributed by atoms with Crippen LogP contribution in [0.2, 0.25) is 0 Å². The average molecular weight is 381 g/mol. The molecule has 2 N–H and O–H groups in total. The minimum absolute atomic E-state index is 0.271. The van der Waals surface area contributed by atoms with Crippen molar-refractivity contribution in [3.63, 3.8) is 0 Å². The van der Waals surface area contributed by atoms with Crippen LogP contribution < -0.4 is 15.4 Å². The first-order chi connectivity index (χ1) is 11.1. The maximum atomic E-state index is 13.6. The molecule has 0 bridgehead atoms. The third-order valence-electron chi connectivity index (χ3n) is 3.27. The van der Waals surface area contributed by atoms with Gasteiger partial charge >= 0.3 is 6.03 Å². The summed E-state index contributed by atoms with van der Waals surface area (Å²) in [6.07, 6.45) is 0.428. The van der Waals surface area contributed by atoms with Gasteiger partial charge in [0, 0.05) is 17.6 Å². The van der Waals surface area contributed by atoms with Crippen molar-refractivity contribution in [2.24, 2.45) is 0 Å². The lowest BCUT2D eigenvalue weighted by molar-refractivity contribution is 0.240. The summed E-state index contributed by atoms with van der Waals surface area (Å²) in [5, 5.41) is 5.47. The Morgan fingerprint density at radius 2 is 2.04 bits per heavy atom. The lowest BCUT2D eigenvalue weighted by atomic mass is 10.1. The van der Waals surface area contributed by atoms with Crippen LogP contribution >= 0.6 is 15.9 Å². The molecule has 0 saturated carbocycles. The van der Waals surface area contributed by atoms with E-state index in [1.807, 2.05) is 24.3 Å². The molecule has 0 aliphatic carbocycles. The topological polar surface area (TPSA) is 50.4 Å². The van der Waals surface area contributed by atoms with Crippen molar-refractivity contribution in [2.75, 3.05) is 13.7 Å². The standard InChI is InChI=1S/C17H18BrFN2O2/c1-23-15-4-2-3-12(9-15)11-21-17(22)20-8-7-13-10-14(18)5-6-16(13)19/h2-6,9-10H,7-8,11H2,1H3,(H2,20,21,22). The number of nitrogens with one attached hydrogen (secondary N) is 2. The van der Waals surface area contributed by atoms with E-state index in [-0.39, 0.29) is 11.8 Å². The summed E-state index contributed by atoms with van der Waals surface area (Å²) < 4.78 is 19.5. The predicted octanol–water partition coefficient (Wildman–Crippen LogP) is 3.64. The Bertz CT molecular complexity index is 679. The summed E-state index contributed by atoms with van der Waals surface area (Å²) in [6.45, 7) is 0.756. The van der Waals surface area contributed by atoms with E-state index >= 15 is 0 Å². The third-order valence-corrected chi connectivity index (χ3v) is 3.77. The van der Waals surface area contributed by atoms with Crippen molar-refractivity contribution >= 4 is 22.0 Å². The Hall–Kier alpha value is -2.08. The van der Waals surface area contributed by atoms with Gasteiger partial charge in [-0.2, -0.15) is 0 Å². The molecule has 6 heteroatoms. The van der Waals surface area contributed by atoms with Gasteiger partial charge in [0.25, 0.3) is 0 Å².